The Bertz CT molecular complexity index is 695. The average molecular weight is 621 g/mol. The highest BCUT2D eigenvalue weighted by atomic mass is 32.5. The lowest BCUT2D eigenvalue weighted by molar-refractivity contribution is -0.0147. The molecule has 0 aromatic heterocycles. The number of carbonyl (C=O) groups is 1. The van der Waals surface area contributed by atoms with Crippen LogP contribution >= 0.6 is 6.72 Å². The molecule has 0 spiro atoms. The van der Waals surface area contributed by atoms with Crippen LogP contribution in [0.4, 0.5) is 4.79 Å². The van der Waals surface area contributed by atoms with E-state index in [9.17, 15) is 9.69 Å². The Morgan fingerprint density at radius 2 is 1.29 bits per heavy atom. The molecule has 0 aromatic rings. The van der Waals surface area contributed by atoms with E-state index >= 15 is 0 Å². The standard InChI is InChI=1S/C30H62BN2O6PS/c1-4-5-6-7-8-9-10-11-12-13-14-17-20-23-32-30(34)33-24-21-18-15-16-19-22-26-28(39-40(35,41)37-3)27(25-36-2)38-29(26)31/h26-29H,4-25,31H2,1-3H3,(H,35,41)(H2,32,33,34)/t26-,27+,28?,29+,40?/m0/s1. The Morgan fingerprint density at radius 1 is 0.829 bits per heavy atom. The van der Waals surface area contributed by atoms with E-state index in [2.05, 4.69) is 17.6 Å². The fourth-order valence-electron chi connectivity index (χ4n) is 5.68. The summed E-state index contributed by atoms with van der Waals surface area (Å²) in [5.41, 5.74) is 0. The lowest BCUT2D eigenvalue weighted by Gasteiger charge is -2.26. The number of rotatable bonds is 27. The van der Waals surface area contributed by atoms with Crippen LogP contribution < -0.4 is 10.6 Å². The monoisotopic (exact) mass is 620 g/mol. The predicted octanol–water partition coefficient (Wildman–Crippen LogP) is 6.59. The second-order valence-electron chi connectivity index (χ2n) is 11.7. The molecule has 0 radical (unpaired) electrons. The molecule has 2 unspecified atom stereocenters. The van der Waals surface area contributed by atoms with Crippen molar-refractivity contribution in [3.63, 3.8) is 0 Å². The van der Waals surface area contributed by atoms with Gasteiger partial charge in [0.2, 0.25) is 0 Å². The maximum absolute atomic E-state index is 12.0. The molecule has 1 rings (SSSR count). The summed E-state index contributed by atoms with van der Waals surface area (Å²) in [6.07, 6.45) is 23.1. The second-order valence-corrected chi connectivity index (χ2v) is 14.6. The first kappa shape index (κ1) is 38.8. The highest BCUT2D eigenvalue weighted by molar-refractivity contribution is 8.07. The number of methoxy groups -OCH3 is 1. The van der Waals surface area contributed by atoms with Gasteiger partial charge in [0.25, 0.3) is 0 Å². The third kappa shape index (κ3) is 19.6. The van der Waals surface area contributed by atoms with Crippen molar-refractivity contribution in [2.75, 3.05) is 33.9 Å². The van der Waals surface area contributed by atoms with Gasteiger partial charge in [0, 0.05) is 39.2 Å². The van der Waals surface area contributed by atoms with Crippen LogP contribution in [0.1, 0.15) is 129 Å². The molecule has 8 nitrogen and oxygen atoms in total. The molecule has 0 aromatic carbocycles. The van der Waals surface area contributed by atoms with Crippen LogP contribution in [-0.4, -0.2) is 70.9 Å². The second kappa shape index (κ2) is 25.1. The van der Waals surface area contributed by atoms with Gasteiger partial charge in [0.05, 0.1) is 6.61 Å². The van der Waals surface area contributed by atoms with Crippen molar-refractivity contribution in [2.24, 2.45) is 5.92 Å². The topological polar surface area (TPSA) is 98.3 Å². The molecule has 1 aliphatic heterocycles. The molecule has 41 heavy (non-hydrogen) atoms. The molecule has 242 valence electrons. The lowest BCUT2D eigenvalue weighted by atomic mass is 9.81. The molecule has 3 N–H and O–H groups in total. The molecule has 1 aliphatic rings. The van der Waals surface area contributed by atoms with Gasteiger partial charge in [-0.05, 0) is 31.1 Å². The first-order chi connectivity index (χ1) is 19.8. The summed E-state index contributed by atoms with van der Waals surface area (Å²) in [5.74, 6) is 0.139. The third-order valence-corrected chi connectivity index (χ3v) is 9.84. The van der Waals surface area contributed by atoms with Gasteiger partial charge in [-0.15, -0.1) is 0 Å². The Kier molecular flexibility index (Phi) is 23.8. The van der Waals surface area contributed by atoms with Crippen LogP contribution in [0.3, 0.4) is 0 Å². The number of ether oxygens (including phenoxy) is 2. The van der Waals surface area contributed by atoms with E-state index in [0.29, 0.717) is 13.2 Å². The zero-order valence-electron chi connectivity index (χ0n) is 26.7. The third-order valence-electron chi connectivity index (χ3n) is 8.16. The van der Waals surface area contributed by atoms with Gasteiger partial charge in [0.1, 0.15) is 20.1 Å². The smallest absolute Gasteiger partial charge is 0.324 e. The van der Waals surface area contributed by atoms with E-state index in [-0.39, 0.29) is 30.2 Å². The van der Waals surface area contributed by atoms with Gasteiger partial charge < -0.3 is 34.0 Å². The van der Waals surface area contributed by atoms with Gasteiger partial charge in [-0.3, -0.25) is 0 Å². The normalized spacial score (nSPS) is 22.0. The van der Waals surface area contributed by atoms with Gasteiger partial charge in [-0.25, -0.2) is 4.79 Å². The number of nitrogens with one attached hydrogen (secondary N) is 2. The van der Waals surface area contributed by atoms with E-state index in [0.717, 1.165) is 51.5 Å². The largest absolute Gasteiger partial charge is 0.382 e. The molecular formula is C30H62BN2O6PS. The molecule has 5 atom stereocenters. The Hall–Kier alpha value is -0.215. The maximum Gasteiger partial charge on any atom is 0.324 e. The summed E-state index contributed by atoms with van der Waals surface area (Å²) in [7, 11) is 5.04. The number of hydrogen-bond acceptors (Lipinski definition) is 6. The van der Waals surface area contributed by atoms with Crippen LogP contribution in [0, 0.1) is 5.92 Å². The zero-order chi connectivity index (χ0) is 30.2. The number of carbonyl (C=O) groups excluding carboxylic acids is 1. The van der Waals surface area contributed by atoms with Gasteiger partial charge in [0.15, 0.2) is 0 Å². The Morgan fingerprint density at radius 3 is 1.76 bits per heavy atom. The van der Waals surface area contributed by atoms with Gasteiger partial charge in [-0.2, -0.15) is 0 Å². The summed E-state index contributed by atoms with van der Waals surface area (Å²) in [5, 5.41) is 5.97. The van der Waals surface area contributed by atoms with Crippen molar-refractivity contribution < 1.29 is 28.2 Å². The van der Waals surface area contributed by atoms with Crippen molar-refractivity contribution >= 4 is 32.4 Å². The summed E-state index contributed by atoms with van der Waals surface area (Å²) >= 11 is 5.08. The van der Waals surface area contributed by atoms with E-state index in [1.165, 1.54) is 84.2 Å². The minimum absolute atomic E-state index is 0.00874. The molecule has 0 saturated carbocycles. The molecular weight excluding hydrogens is 558 g/mol. The van der Waals surface area contributed by atoms with Crippen molar-refractivity contribution in [2.45, 2.75) is 147 Å². The summed E-state index contributed by atoms with van der Waals surface area (Å²) in [6, 6.07) is -0.0363. The van der Waals surface area contributed by atoms with Gasteiger partial charge in [-0.1, -0.05) is 110 Å². The van der Waals surface area contributed by atoms with Gasteiger partial charge >= 0.3 is 12.7 Å². The highest BCUT2D eigenvalue weighted by Crippen LogP contribution is 2.48. The SMILES string of the molecule is B[C@@H]1O[C@H](COC)C(OP(O)(=S)OC)[C@@H]1CCCCCCCNC(=O)NCCCCCCCCCCCCCCC. The number of unbranched alkanes of at least 4 members (excludes halogenated alkanes) is 16. The number of urea groups is 1. The van der Waals surface area contributed by atoms with E-state index in [1.54, 1.807) is 7.11 Å². The zero-order valence-corrected chi connectivity index (χ0v) is 28.4. The Labute approximate surface area is 257 Å². The molecule has 11 heteroatoms. The molecule has 1 saturated heterocycles. The minimum atomic E-state index is -3.28. The Balaban J connectivity index is 1.98. The van der Waals surface area contributed by atoms with Crippen molar-refractivity contribution in [1.29, 1.82) is 0 Å². The van der Waals surface area contributed by atoms with E-state index in [4.69, 9.17) is 30.3 Å². The molecule has 0 bridgehead atoms. The molecule has 1 heterocycles. The molecule has 0 aliphatic carbocycles. The molecule has 2 amide bonds. The van der Waals surface area contributed by atoms with Crippen molar-refractivity contribution in [1.82, 2.24) is 10.6 Å². The minimum Gasteiger partial charge on any atom is -0.382 e. The number of amides is 2. The van der Waals surface area contributed by atoms with Crippen LogP contribution in [0.2, 0.25) is 0 Å². The summed E-state index contributed by atoms with van der Waals surface area (Å²) < 4.78 is 22.1. The maximum atomic E-state index is 12.0. The van der Waals surface area contributed by atoms with Crippen LogP contribution in [0.5, 0.6) is 0 Å². The summed E-state index contributed by atoms with van der Waals surface area (Å²) in [6.45, 7) is 0.863. The highest BCUT2D eigenvalue weighted by Gasteiger charge is 2.44. The fraction of sp³-hybridized carbons (Fsp3) is 0.967. The lowest BCUT2D eigenvalue weighted by Crippen LogP contribution is -2.36. The van der Waals surface area contributed by atoms with Crippen molar-refractivity contribution in [3.05, 3.63) is 0 Å². The van der Waals surface area contributed by atoms with Crippen LogP contribution in [0.15, 0.2) is 0 Å². The van der Waals surface area contributed by atoms with E-state index < -0.39 is 6.72 Å². The average Bonchev–Trinajstić information content (AvgIpc) is 3.23. The number of hydrogen-bond donors (Lipinski definition) is 3. The first-order valence-corrected chi connectivity index (χ1v) is 19.2. The molecule has 1 fully saturated rings. The quantitative estimate of drug-likeness (QED) is 0.0542. The van der Waals surface area contributed by atoms with E-state index in [1.807, 2.05) is 7.85 Å². The van der Waals surface area contributed by atoms with Crippen molar-refractivity contribution in [3.8, 4) is 0 Å². The van der Waals surface area contributed by atoms with Crippen LogP contribution in [0.25, 0.3) is 0 Å². The summed E-state index contributed by atoms with van der Waals surface area (Å²) in [4.78, 5) is 22.2. The van der Waals surface area contributed by atoms with Crippen LogP contribution in [-0.2, 0) is 30.3 Å². The fourth-order valence-corrected chi connectivity index (χ4v) is 6.67. The predicted molar refractivity (Wildman–Crippen MR) is 176 cm³/mol. The first-order valence-electron chi connectivity index (χ1n) is 16.6.